The Morgan fingerprint density at radius 3 is 2.83 bits per heavy atom. The molecule has 1 heterocycles. The van der Waals surface area contributed by atoms with Crippen LogP contribution in [0.4, 0.5) is 14.5 Å². The molecule has 1 aromatic carbocycles. The predicted octanol–water partition coefficient (Wildman–Crippen LogP) is 2.99. The molecule has 0 amide bonds. The zero-order valence-corrected chi connectivity index (χ0v) is 14.3. The second-order valence-electron chi connectivity index (χ2n) is 7.44. The number of hydrogen-bond acceptors (Lipinski definition) is 4. The van der Waals surface area contributed by atoms with E-state index in [4.69, 9.17) is 9.84 Å². The van der Waals surface area contributed by atoms with Crippen LogP contribution in [0.15, 0.2) is 18.2 Å². The van der Waals surface area contributed by atoms with Crippen LogP contribution in [-0.2, 0) is 0 Å². The number of benzene rings is 1. The lowest BCUT2D eigenvalue weighted by molar-refractivity contribution is 0.0109. The van der Waals surface area contributed by atoms with Gasteiger partial charge in [-0.1, -0.05) is 12.8 Å². The molecule has 2 fully saturated rings. The molecule has 6 heteroatoms. The van der Waals surface area contributed by atoms with Crippen molar-refractivity contribution in [3.63, 3.8) is 0 Å². The van der Waals surface area contributed by atoms with Crippen LogP contribution in [0.3, 0.4) is 0 Å². The minimum Gasteiger partial charge on any atom is -0.455 e. The first-order chi connectivity index (χ1) is 11.4. The van der Waals surface area contributed by atoms with Crippen molar-refractivity contribution < 1.29 is 18.6 Å². The summed E-state index contributed by atoms with van der Waals surface area (Å²) >= 11 is 0. The van der Waals surface area contributed by atoms with Gasteiger partial charge in [-0.15, -0.1) is 0 Å². The maximum Gasteiger partial charge on any atom is 0.261 e. The number of anilines is 1. The van der Waals surface area contributed by atoms with Crippen LogP contribution in [0, 0.1) is 5.82 Å². The molecule has 3 rings (SSSR count). The Kier molecular flexibility index (Phi) is 4.97. The summed E-state index contributed by atoms with van der Waals surface area (Å²) in [6, 6.07) is 5.39. The number of halogens is 2. The van der Waals surface area contributed by atoms with Crippen molar-refractivity contribution in [2.45, 2.75) is 63.5 Å². The van der Waals surface area contributed by atoms with Crippen molar-refractivity contribution in [2.24, 2.45) is 0 Å². The first-order valence-electron chi connectivity index (χ1n) is 8.65. The second kappa shape index (κ2) is 6.84. The SMILES string of the molecule is CC1(C)CN(c2ccc(OC(F)CO)c(F)c2)[C@@H]2CCCC[C@H]2N1. The van der Waals surface area contributed by atoms with Crippen molar-refractivity contribution in [1.82, 2.24) is 5.32 Å². The molecular weight excluding hydrogens is 314 g/mol. The second-order valence-corrected chi connectivity index (χ2v) is 7.44. The first-order valence-corrected chi connectivity index (χ1v) is 8.65. The Hall–Kier alpha value is -1.40. The Morgan fingerprint density at radius 1 is 1.38 bits per heavy atom. The number of alkyl halides is 1. The highest BCUT2D eigenvalue weighted by Crippen LogP contribution is 2.35. The average Bonchev–Trinajstić information content (AvgIpc) is 2.55. The van der Waals surface area contributed by atoms with Crippen LogP contribution in [0.5, 0.6) is 5.75 Å². The lowest BCUT2D eigenvalue weighted by atomic mass is 9.83. The van der Waals surface area contributed by atoms with E-state index < -0.39 is 18.8 Å². The van der Waals surface area contributed by atoms with Crippen LogP contribution in [-0.4, -0.2) is 42.2 Å². The summed E-state index contributed by atoms with van der Waals surface area (Å²) in [6.07, 6.45) is 2.71. The molecule has 24 heavy (non-hydrogen) atoms. The predicted molar refractivity (Wildman–Crippen MR) is 89.6 cm³/mol. The third kappa shape index (κ3) is 3.64. The fourth-order valence-electron chi connectivity index (χ4n) is 3.97. The maximum absolute atomic E-state index is 14.3. The number of fused-ring (bicyclic) bond motifs is 1. The van der Waals surface area contributed by atoms with Gasteiger partial charge in [0.25, 0.3) is 6.36 Å². The van der Waals surface area contributed by atoms with Gasteiger partial charge in [0.1, 0.15) is 6.61 Å². The highest BCUT2D eigenvalue weighted by Gasteiger charge is 2.40. The molecule has 1 aliphatic carbocycles. The third-order valence-electron chi connectivity index (χ3n) is 4.92. The zero-order valence-electron chi connectivity index (χ0n) is 14.3. The van der Waals surface area contributed by atoms with Crippen LogP contribution in [0.2, 0.25) is 0 Å². The minimum absolute atomic E-state index is 0.0505. The van der Waals surface area contributed by atoms with Gasteiger partial charge in [-0.3, -0.25) is 0 Å². The number of piperazine rings is 1. The maximum atomic E-state index is 14.3. The van der Waals surface area contributed by atoms with Gasteiger partial charge >= 0.3 is 0 Å². The fraction of sp³-hybridized carbons (Fsp3) is 0.667. The van der Waals surface area contributed by atoms with E-state index in [-0.39, 0.29) is 11.3 Å². The molecule has 3 atom stereocenters. The highest BCUT2D eigenvalue weighted by molar-refractivity contribution is 5.52. The average molecular weight is 340 g/mol. The van der Waals surface area contributed by atoms with Crippen molar-refractivity contribution in [3.8, 4) is 5.75 Å². The van der Waals surface area contributed by atoms with Crippen molar-refractivity contribution in [3.05, 3.63) is 24.0 Å². The summed E-state index contributed by atoms with van der Waals surface area (Å²) in [5.41, 5.74) is 0.746. The topological polar surface area (TPSA) is 44.7 Å². The van der Waals surface area contributed by atoms with E-state index in [0.717, 1.165) is 25.1 Å². The Bertz CT molecular complexity index is 582. The van der Waals surface area contributed by atoms with E-state index in [9.17, 15) is 8.78 Å². The normalized spacial score (nSPS) is 27.5. The monoisotopic (exact) mass is 340 g/mol. The van der Waals surface area contributed by atoms with Gasteiger partial charge in [-0.05, 0) is 38.8 Å². The first kappa shape index (κ1) is 17.4. The Morgan fingerprint density at radius 2 is 2.12 bits per heavy atom. The molecule has 0 radical (unpaired) electrons. The molecule has 1 aromatic rings. The largest absolute Gasteiger partial charge is 0.455 e. The lowest BCUT2D eigenvalue weighted by Crippen LogP contribution is -2.67. The summed E-state index contributed by atoms with van der Waals surface area (Å²) in [4.78, 5) is 2.27. The molecule has 1 saturated carbocycles. The molecule has 0 bridgehead atoms. The summed E-state index contributed by atoms with van der Waals surface area (Å²) in [6.45, 7) is 4.31. The molecule has 1 unspecified atom stereocenters. The van der Waals surface area contributed by atoms with Crippen molar-refractivity contribution in [2.75, 3.05) is 18.1 Å². The van der Waals surface area contributed by atoms with Gasteiger partial charge in [0, 0.05) is 35.9 Å². The minimum atomic E-state index is -1.91. The third-order valence-corrected chi connectivity index (χ3v) is 4.92. The Balaban J connectivity index is 1.84. The molecule has 2 aliphatic rings. The highest BCUT2D eigenvalue weighted by atomic mass is 19.1. The Labute approximate surface area is 141 Å². The summed E-state index contributed by atoms with van der Waals surface area (Å²) in [5, 5.41) is 12.4. The smallest absolute Gasteiger partial charge is 0.261 e. The van der Waals surface area contributed by atoms with E-state index in [0.29, 0.717) is 12.1 Å². The molecule has 0 aromatic heterocycles. The van der Waals surface area contributed by atoms with Crippen LogP contribution < -0.4 is 15.0 Å². The number of rotatable bonds is 4. The van der Waals surface area contributed by atoms with Gasteiger partial charge < -0.3 is 20.1 Å². The van der Waals surface area contributed by atoms with Gasteiger partial charge in [-0.2, -0.15) is 4.39 Å². The van der Waals surface area contributed by atoms with Gasteiger partial charge in [0.05, 0.1) is 0 Å². The fourth-order valence-corrected chi connectivity index (χ4v) is 3.97. The van der Waals surface area contributed by atoms with Crippen molar-refractivity contribution >= 4 is 5.69 Å². The van der Waals surface area contributed by atoms with E-state index in [2.05, 4.69) is 24.1 Å². The molecule has 1 aliphatic heterocycles. The number of nitrogens with one attached hydrogen (secondary N) is 1. The quantitative estimate of drug-likeness (QED) is 0.884. The lowest BCUT2D eigenvalue weighted by Gasteiger charge is -2.52. The molecule has 2 N–H and O–H groups in total. The molecule has 0 spiro atoms. The van der Waals surface area contributed by atoms with Gasteiger partial charge in [0.15, 0.2) is 11.6 Å². The van der Waals surface area contributed by atoms with Crippen molar-refractivity contribution in [1.29, 1.82) is 0 Å². The summed E-state index contributed by atoms with van der Waals surface area (Å²) < 4.78 is 32.2. The summed E-state index contributed by atoms with van der Waals surface area (Å²) in [7, 11) is 0. The number of ether oxygens (including phenoxy) is 1. The zero-order chi connectivity index (χ0) is 17.3. The van der Waals surface area contributed by atoms with E-state index in [1.165, 1.54) is 25.0 Å². The molecule has 4 nitrogen and oxygen atoms in total. The standard InChI is InChI=1S/C18H26F2N2O2/c1-18(2)11-22(15-6-4-3-5-14(15)21-18)12-7-8-16(13(19)9-12)24-17(20)10-23/h7-9,14-15,17,21,23H,3-6,10-11H2,1-2H3/t14-,15-,17?/m1/s1. The number of aliphatic hydroxyl groups excluding tert-OH is 1. The van der Waals surface area contributed by atoms with E-state index in [1.807, 2.05) is 0 Å². The molecule has 134 valence electrons. The van der Waals surface area contributed by atoms with Gasteiger partial charge in [0.2, 0.25) is 0 Å². The molecule has 1 saturated heterocycles. The molecular formula is C18H26F2N2O2. The number of nitrogens with zero attached hydrogens (tertiary/aromatic N) is 1. The van der Waals surface area contributed by atoms with E-state index >= 15 is 0 Å². The number of aliphatic hydroxyl groups is 1. The van der Waals surface area contributed by atoms with Crippen LogP contribution in [0.25, 0.3) is 0 Å². The van der Waals surface area contributed by atoms with E-state index in [1.54, 1.807) is 6.07 Å². The van der Waals surface area contributed by atoms with Crippen LogP contribution in [0.1, 0.15) is 39.5 Å². The van der Waals surface area contributed by atoms with Crippen LogP contribution >= 0.6 is 0 Å². The van der Waals surface area contributed by atoms with Gasteiger partial charge in [-0.25, -0.2) is 4.39 Å². The number of hydrogen-bond donors (Lipinski definition) is 2. The summed E-state index contributed by atoms with van der Waals surface area (Å²) in [5.74, 6) is -0.776.